The molecule has 0 spiro atoms. The minimum Gasteiger partial charge on any atom is -0.376 e. The van der Waals surface area contributed by atoms with Crippen molar-refractivity contribution in [3.8, 4) is 0 Å². The van der Waals surface area contributed by atoms with Gasteiger partial charge in [-0.3, -0.25) is 0 Å². The number of fused-ring (bicyclic) bond motifs is 4. The number of nitrogens with one attached hydrogen (secondary N) is 1. The van der Waals surface area contributed by atoms with Crippen molar-refractivity contribution in [2.45, 2.75) is 38.1 Å². The molecular weight excluding hydrogens is 278 g/mol. The van der Waals surface area contributed by atoms with Crippen molar-refractivity contribution in [1.29, 1.82) is 0 Å². The Labute approximate surface area is 131 Å². The SMILES string of the molecule is CC1(C)c2cccc(Cl)c2N[C@@H]2c3ccccc3CC[C@@H]21. The standard InChI is InChI=1S/C19H20ClN/c1-19(2)14-8-5-9-16(20)18(14)21-17-13-7-4-3-6-12(13)10-11-15(17)19/h3-9,15,17,21H,10-11H2,1-2H3/t15-,17+/m0/s1. The molecule has 1 heterocycles. The van der Waals surface area contributed by atoms with Crippen molar-refractivity contribution in [2.24, 2.45) is 5.92 Å². The first kappa shape index (κ1) is 13.2. The van der Waals surface area contributed by atoms with Crippen LogP contribution in [0.4, 0.5) is 5.69 Å². The molecule has 2 heteroatoms. The highest BCUT2D eigenvalue weighted by atomic mass is 35.5. The lowest BCUT2D eigenvalue weighted by Crippen LogP contribution is -2.43. The molecular formula is C19H20ClN. The van der Waals surface area contributed by atoms with Crippen molar-refractivity contribution in [1.82, 2.24) is 0 Å². The molecule has 1 nitrogen and oxygen atoms in total. The van der Waals surface area contributed by atoms with E-state index in [9.17, 15) is 0 Å². The Morgan fingerprint density at radius 2 is 1.90 bits per heavy atom. The Balaban J connectivity index is 1.91. The molecule has 108 valence electrons. The Morgan fingerprint density at radius 1 is 1.10 bits per heavy atom. The van der Waals surface area contributed by atoms with Crippen molar-refractivity contribution in [2.75, 3.05) is 5.32 Å². The smallest absolute Gasteiger partial charge is 0.0640 e. The van der Waals surface area contributed by atoms with E-state index in [-0.39, 0.29) is 5.41 Å². The number of benzene rings is 2. The van der Waals surface area contributed by atoms with Crippen LogP contribution in [0.15, 0.2) is 42.5 Å². The van der Waals surface area contributed by atoms with E-state index in [1.807, 2.05) is 6.07 Å². The molecule has 1 aliphatic heterocycles. The maximum Gasteiger partial charge on any atom is 0.0640 e. The minimum absolute atomic E-state index is 0.143. The lowest BCUT2D eigenvalue weighted by Gasteiger charge is -2.49. The van der Waals surface area contributed by atoms with Gasteiger partial charge in [-0.25, -0.2) is 0 Å². The molecule has 21 heavy (non-hydrogen) atoms. The quantitative estimate of drug-likeness (QED) is 0.691. The number of para-hydroxylation sites is 1. The van der Waals surface area contributed by atoms with Gasteiger partial charge in [-0.2, -0.15) is 0 Å². The van der Waals surface area contributed by atoms with Gasteiger partial charge in [0.15, 0.2) is 0 Å². The summed E-state index contributed by atoms with van der Waals surface area (Å²) in [4.78, 5) is 0. The molecule has 2 aromatic rings. The lowest BCUT2D eigenvalue weighted by molar-refractivity contribution is 0.240. The van der Waals surface area contributed by atoms with E-state index in [0.717, 1.165) is 10.7 Å². The average molecular weight is 298 g/mol. The van der Waals surface area contributed by atoms with Gasteiger partial charge >= 0.3 is 0 Å². The summed E-state index contributed by atoms with van der Waals surface area (Å²) in [5, 5.41) is 4.58. The largest absolute Gasteiger partial charge is 0.376 e. The summed E-state index contributed by atoms with van der Waals surface area (Å²) < 4.78 is 0. The van der Waals surface area contributed by atoms with Crippen molar-refractivity contribution in [3.05, 3.63) is 64.2 Å². The Morgan fingerprint density at radius 3 is 2.76 bits per heavy atom. The molecule has 0 unspecified atom stereocenters. The van der Waals surface area contributed by atoms with Crippen LogP contribution in [0.5, 0.6) is 0 Å². The van der Waals surface area contributed by atoms with Crippen LogP contribution in [0, 0.1) is 5.92 Å². The number of anilines is 1. The van der Waals surface area contributed by atoms with Gasteiger partial charge in [0, 0.05) is 0 Å². The third-order valence-corrected chi connectivity index (χ3v) is 5.77. The van der Waals surface area contributed by atoms with Crippen LogP contribution in [0.25, 0.3) is 0 Å². The third kappa shape index (κ3) is 1.83. The van der Waals surface area contributed by atoms with Gasteiger partial charge in [0.05, 0.1) is 16.8 Å². The van der Waals surface area contributed by atoms with Gasteiger partial charge < -0.3 is 5.32 Å². The highest BCUT2D eigenvalue weighted by Crippen LogP contribution is 2.53. The predicted octanol–water partition coefficient (Wildman–Crippen LogP) is 5.35. The molecule has 1 N–H and O–H groups in total. The van der Waals surface area contributed by atoms with Gasteiger partial charge in [-0.1, -0.05) is 61.8 Å². The van der Waals surface area contributed by atoms with E-state index < -0.39 is 0 Å². The first-order valence-corrected chi connectivity index (χ1v) is 8.10. The molecule has 0 amide bonds. The van der Waals surface area contributed by atoms with E-state index in [1.165, 1.54) is 29.5 Å². The normalized spacial score (nSPS) is 25.3. The summed E-state index contributed by atoms with van der Waals surface area (Å²) in [6.45, 7) is 4.74. The van der Waals surface area contributed by atoms with Crippen molar-refractivity contribution in [3.63, 3.8) is 0 Å². The second-order valence-corrected chi connectivity index (χ2v) is 7.26. The number of halogens is 1. The molecule has 0 saturated heterocycles. The summed E-state index contributed by atoms with van der Waals surface area (Å²) in [5.41, 5.74) is 5.56. The van der Waals surface area contributed by atoms with Crippen molar-refractivity contribution < 1.29 is 0 Å². The molecule has 4 rings (SSSR count). The third-order valence-electron chi connectivity index (χ3n) is 5.45. The van der Waals surface area contributed by atoms with E-state index >= 15 is 0 Å². The van der Waals surface area contributed by atoms with Crippen LogP contribution in [-0.2, 0) is 11.8 Å². The average Bonchev–Trinajstić information content (AvgIpc) is 2.48. The highest BCUT2D eigenvalue weighted by Gasteiger charge is 2.45. The second kappa shape index (κ2) is 4.51. The Bertz CT molecular complexity index is 704. The molecule has 0 fully saturated rings. The maximum atomic E-state index is 6.47. The van der Waals surface area contributed by atoms with Gasteiger partial charge in [0.1, 0.15) is 0 Å². The fourth-order valence-corrected chi connectivity index (χ4v) is 4.51. The van der Waals surface area contributed by atoms with Crippen LogP contribution >= 0.6 is 11.6 Å². The van der Waals surface area contributed by atoms with E-state index in [1.54, 1.807) is 0 Å². The van der Waals surface area contributed by atoms with Crippen LogP contribution in [0.2, 0.25) is 5.02 Å². The van der Waals surface area contributed by atoms with Crippen molar-refractivity contribution >= 4 is 17.3 Å². The first-order valence-electron chi connectivity index (χ1n) is 7.72. The summed E-state index contributed by atoms with van der Waals surface area (Å²) in [5.74, 6) is 0.610. The van der Waals surface area contributed by atoms with Crippen LogP contribution in [0.3, 0.4) is 0 Å². The Kier molecular flexibility index (Phi) is 2.84. The van der Waals surface area contributed by atoms with Crippen LogP contribution in [0.1, 0.15) is 43.0 Å². The summed E-state index contributed by atoms with van der Waals surface area (Å²) >= 11 is 6.47. The molecule has 2 aliphatic rings. The first-order chi connectivity index (χ1) is 10.1. The number of hydrogen-bond acceptors (Lipinski definition) is 1. The highest BCUT2D eigenvalue weighted by molar-refractivity contribution is 6.33. The molecule has 0 aromatic heterocycles. The fraction of sp³-hybridized carbons (Fsp3) is 0.368. The van der Waals surface area contributed by atoms with Gasteiger partial charge in [-0.15, -0.1) is 0 Å². The minimum atomic E-state index is 0.143. The van der Waals surface area contributed by atoms with E-state index in [2.05, 4.69) is 55.6 Å². The van der Waals surface area contributed by atoms with Gasteiger partial charge in [0.25, 0.3) is 0 Å². The van der Waals surface area contributed by atoms with Crippen LogP contribution < -0.4 is 5.32 Å². The van der Waals surface area contributed by atoms with Gasteiger partial charge in [0.2, 0.25) is 0 Å². The zero-order valence-electron chi connectivity index (χ0n) is 12.5. The summed E-state index contributed by atoms with van der Waals surface area (Å²) in [6, 6.07) is 15.5. The maximum absolute atomic E-state index is 6.47. The zero-order chi connectivity index (χ0) is 14.6. The molecule has 1 aliphatic carbocycles. The number of aryl methyl sites for hydroxylation is 1. The monoisotopic (exact) mass is 297 g/mol. The molecule has 0 bridgehead atoms. The molecule has 0 radical (unpaired) electrons. The molecule has 0 saturated carbocycles. The predicted molar refractivity (Wildman–Crippen MR) is 89.1 cm³/mol. The summed E-state index contributed by atoms with van der Waals surface area (Å²) in [6.07, 6.45) is 2.41. The van der Waals surface area contributed by atoms with E-state index in [0.29, 0.717) is 12.0 Å². The van der Waals surface area contributed by atoms with Gasteiger partial charge in [-0.05, 0) is 46.9 Å². The van der Waals surface area contributed by atoms with E-state index in [4.69, 9.17) is 11.6 Å². The lowest BCUT2D eigenvalue weighted by atomic mass is 9.61. The number of rotatable bonds is 0. The second-order valence-electron chi connectivity index (χ2n) is 6.85. The molecule has 2 atom stereocenters. The fourth-order valence-electron chi connectivity index (χ4n) is 4.28. The number of hydrogen-bond donors (Lipinski definition) is 1. The van der Waals surface area contributed by atoms with Crippen LogP contribution in [-0.4, -0.2) is 0 Å². The Hall–Kier alpha value is -1.47. The molecule has 2 aromatic carbocycles. The zero-order valence-corrected chi connectivity index (χ0v) is 13.2. The topological polar surface area (TPSA) is 12.0 Å². The summed E-state index contributed by atoms with van der Waals surface area (Å²) in [7, 11) is 0.